The van der Waals surface area contributed by atoms with Gasteiger partial charge < -0.3 is 19.9 Å². The molecule has 1 fully saturated rings. The molecule has 23 heavy (non-hydrogen) atoms. The van der Waals surface area contributed by atoms with E-state index in [1.165, 1.54) is 0 Å². The molecule has 2 rings (SSSR count). The Hall–Kier alpha value is -2.08. The highest BCUT2D eigenvalue weighted by molar-refractivity contribution is 5.69. The summed E-state index contributed by atoms with van der Waals surface area (Å²) in [6.07, 6.45) is 1.03. The number of benzene rings is 1. The molecule has 1 aromatic carbocycles. The van der Waals surface area contributed by atoms with Crippen molar-refractivity contribution < 1.29 is 24.2 Å². The third-order valence-corrected chi connectivity index (χ3v) is 4.05. The molecule has 1 heterocycles. The van der Waals surface area contributed by atoms with Crippen LogP contribution in [0.3, 0.4) is 0 Å². The number of ether oxygens (including phenoxy) is 2. The van der Waals surface area contributed by atoms with Crippen LogP contribution in [0.25, 0.3) is 0 Å². The first-order valence-electron chi connectivity index (χ1n) is 7.87. The van der Waals surface area contributed by atoms with Gasteiger partial charge in [0.1, 0.15) is 6.61 Å². The van der Waals surface area contributed by atoms with Gasteiger partial charge in [-0.05, 0) is 25.3 Å². The number of hydrogen-bond donors (Lipinski definition) is 2. The summed E-state index contributed by atoms with van der Waals surface area (Å²) in [5.41, 5.74) is 0.900. The summed E-state index contributed by atoms with van der Waals surface area (Å²) in [5, 5.41) is 11.8. The van der Waals surface area contributed by atoms with Crippen molar-refractivity contribution in [2.75, 3.05) is 6.61 Å². The Morgan fingerprint density at radius 3 is 2.74 bits per heavy atom. The number of carbonyl (C=O) groups is 2. The Labute approximate surface area is 135 Å². The fourth-order valence-corrected chi connectivity index (χ4v) is 2.83. The van der Waals surface area contributed by atoms with E-state index in [1.54, 1.807) is 6.92 Å². The predicted octanol–water partition coefficient (Wildman–Crippen LogP) is 2.57. The van der Waals surface area contributed by atoms with Gasteiger partial charge in [-0.3, -0.25) is 4.79 Å². The van der Waals surface area contributed by atoms with E-state index in [0.29, 0.717) is 6.61 Å². The summed E-state index contributed by atoms with van der Waals surface area (Å²) in [7, 11) is 0. The Morgan fingerprint density at radius 2 is 2.13 bits per heavy atom. The highest BCUT2D eigenvalue weighted by Gasteiger charge is 2.33. The number of rotatable bonds is 7. The molecule has 0 aliphatic carbocycles. The van der Waals surface area contributed by atoms with Crippen molar-refractivity contribution in [3.05, 3.63) is 35.9 Å². The minimum atomic E-state index is -0.892. The lowest BCUT2D eigenvalue weighted by molar-refractivity contribution is -0.139. The van der Waals surface area contributed by atoms with E-state index in [4.69, 9.17) is 14.6 Å². The maximum absolute atomic E-state index is 11.9. The zero-order valence-electron chi connectivity index (χ0n) is 13.2. The van der Waals surface area contributed by atoms with Crippen LogP contribution in [0.5, 0.6) is 0 Å². The Balaban J connectivity index is 1.85. The van der Waals surface area contributed by atoms with E-state index < -0.39 is 12.1 Å². The maximum atomic E-state index is 11.9. The van der Waals surface area contributed by atoms with Gasteiger partial charge in [0, 0.05) is 18.6 Å². The molecule has 1 amide bonds. The molecule has 0 radical (unpaired) electrons. The third-order valence-electron chi connectivity index (χ3n) is 4.05. The second-order valence-corrected chi connectivity index (χ2v) is 5.81. The topological polar surface area (TPSA) is 84.9 Å². The zero-order chi connectivity index (χ0) is 16.7. The third kappa shape index (κ3) is 5.56. The quantitative estimate of drug-likeness (QED) is 0.806. The van der Waals surface area contributed by atoms with Crippen LogP contribution in [0.1, 0.15) is 31.7 Å². The maximum Gasteiger partial charge on any atom is 0.407 e. The van der Waals surface area contributed by atoms with Gasteiger partial charge in [0.05, 0.1) is 12.5 Å². The molecular formula is C17H23NO5. The normalized spacial score (nSPS) is 19.8. The Kier molecular flexibility index (Phi) is 6.40. The minimum absolute atomic E-state index is 0.0369. The molecule has 3 unspecified atom stereocenters. The number of aliphatic carboxylic acids is 1. The van der Waals surface area contributed by atoms with Gasteiger partial charge in [0.2, 0.25) is 0 Å². The second kappa shape index (κ2) is 8.53. The number of nitrogens with one attached hydrogen (secondary N) is 1. The van der Waals surface area contributed by atoms with E-state index in [0.717, 1.165) is 18.4 Å². The number of carbonyl (C=O) groups excluding carboxylic acids is 1. The summed E-state index contributed by atoms with van der Waals surface area (Å²) in [4.78, 5) is 23.0. The molecule has 0 saturated carbocycles. The standard InChI is InChI=1S/C17H23NO5/c1-12(14(10-16(19)20)15-8-5-9-22-15)18-17(21)23-11-13-6-3-2-4-7-13/h2-4,6-7,12,14-15H,5,8-11H2,1H3,(H,18,21)(H,19,20). The van der Waals surface area contributed by atoms with E-state index in [9.17, 15) is 9.59 Å². The van der Waals surface area contributed by atoms with Gasteiger partial charge in [0.25, 0.3) is 0 Å². The van der Waals surface area contributed by atoms with Gasteiger partial charge in [-0.2, -0.15) is 0 Å². The molecular weight excluding hydrogens is 298 g/mol. The highest BCUT2D eigenvalue weighted by Crippen LogP contribution is 2.26. The highest BCUT2D eigenvalue weighted by atomic mass is 16.5. The number of hydrogen-bond acceptors (Lipinski definition) is 4. The summed E-state index contributed by atoms with van der Waals surface area (Å²) in [5.74, 6) is -1.16. The molecule has 126 valence electrons. The molecule has 3 atom stereocenters. The summed E-state index contributed by atoms with van der Waals surface area (Å²) in [6, 6.07) is 9.05. The lowest BCUT2D eigenvalue weighted by atomic mass is 9.90. The van der Waals surface area contributed by atoms with Crippen LogP contribution in [0.4, 0.5) is 4.79 Å². The molecule has 6 heteroatoms. The fourth-order valence-electron chi connectivity index (χ4n) is 2.83. The summed E-state index contributed by atoms with van der Waals surface area (Å²) in [6.45, 7) is 2.62. The van der Waals surface area contributed by atoms with Crippen molar-refractivity contribution in [1.29, 1.82) is 0 Å². The molecule has 1 aliphatic heterocycles. The van der Waals surface area contributed by atoms with Crippen molar-refractivity contribution in [3.63, 3.8) is 0 Å². The molecule has 1 aliphatic rings. The van der Waals surface area contributed by atoms with E-state index in [1.807, 2.05) is 30.3 Å². The van der Waals surface area contributed by atoms with Crippen LogP contribution in [0.2, 0.25) is 0 Å². The molecule has 2 N–H and O–H groups in total. The minimum Gasteiger partial charge on any atom is -0.481 e. The molecule has 0 bridgehead atoms. The zero-order valence-corrected chi connectivity index (χ0v) is 13.2. The van der Waals surface area contributed by atoms with Crippen LogP contribution >= 0.6 is 0 Å². The number of alkyl carbamates (subject to hydrolysis) is 1. The lowest BCUT2D eigenvalue weighted by Gasteiger charge is -2.28. The van der Waals surface area contributed by atoms with Crippen LogP contribution in [-0.4, -0.2) is 35.9 Å². The average Bonchev–Trinajstić information content (AvgIpc) is 3.05. The summed E-state index contributed by atoms with van der Waals surface area (Å²) >= 11 is 0. The van der Waals surface area contributed by atoms with Crippen molar-refractivity contribution >= 4 is 12.1 Å². The van der Waals surface area contributed by atoms with Gasteiger partial charge in [-0.1, -0.05) is 30.3 Å². The van der Waals surface area contributed by atoms with Crippen LogP contribution in [-0.2, 0) is 20.9 Å². The van der Waals surface area contributed by atoms with Crippen LogP contribution in [0.15, 0.2) is 30.3 Å². The lowest BCUT2D eigenvalue weighted by Crippen LogP contribution is -2.43. The molecule has 1 saturated heterocycles. The fraction of sp³-hybridized carbons (Fsp3) is 0.529. The largest absolute Gasteiger partial charge is 0.481 e. The van der Waals surface area contributed by atoms with Gasteiger partial charge in [0.15, 0.2) is 0 Å². The van der Waals surface area contributed by atoms with Crippen molar-refractivity contribution in [2.24, 2.45) is 5.92 Å². The molecule has 6 nitrogen and oxygen atoms in total. The van der Waals surface area contributed by atoms with Gasteiger partial charge >= 0.3 is 12.1 Å². The SMILES string of the molecule is CC(NC(=O)OCc1ccccc1)C(CC(=O)O)C1CCCO1. The van der Waals surface area contributed by atoms with Crippen LogP contribution < -0.4 is 5.32 Å². The molecule has 0 spiro atoms. The van der Waals surface area contributed by atoms with E-state index in [2.05, 4.69) is 5.32 Å². The summed E-state index contributed by atoms with van der Waals surface area (Å²) < 4.78 is 10.8. The van der Waals surface area contributed by atoms with E-state index in [-0.39, 0.29) is 31.1 Å². The van der Waals surface area contributed by atoms with E-state index >= 15 is 0 Å². The Morgan fingerprint density at radius 1 is 1.39 bits per heavy atom. The van der Waals surface area contributed by atoms with Gasteiger partial charge in [-0.15, -0.1) is 0 Å². The molecule has 0 aromatic heterocycles. The van der Waals surface area contributed by atoms with Crippen LogP contribution in [0, 0.1) is 5.92 Å². The second-order valence-electron chi connectivity index (χ2n) is 5.81. The number of amides is 1. The van der Waals surface area contributed by atoms with Crippen molar-refractivity contribution in [3.8, 4) is 0 Å². The van der Waals surface area contributed by atoms with Crippen molar-refractivity contribution in [1.82, 2.24) is 5.32 Å². The smallest absolute Gasteiger partial charge is 0.407 e. The Bertz CT molecular complexity index is 513. The van der Waals surface area contributed by atoms with Crippen molar-refractivity contribution in [2.45, 2.75) is 44.9 Å². The molecule has 1 aromatic rings. The number of carboxylic acid groups (broad SMARTS) is 1. The monoisotopic (exact) mass is 321 g/mol. The van der Waals surface area contributed by atoms with Gasteiger partial charge in [-0.25, -0.2) is 4.79 Å². The number of carboxylic acids is 1. The average molecular weight is 321 g/mol. The first-order valence-corrected chi connectivity index (χ1v) is 7.87. The predicted molar refractivity (Wildman–Crippen MR) is 83.9 cm³/mol. The first kappa shape index (κ1) is 17.3. The first-order chi connectivity index (χ1) is 11.1.